The first-order valence-electron chi connectivity index (χ1n) is 4.71. The fourth-order valence-corrected chi connectivity index (χ4v) is 2.16. The van der Waals surface area contributed by atoms with Gasteiger partial charge in [-0.15, -0.1) is 0 Å². The van der Waals surface area contributed by atoms with E-state index in [-0.39, 0.29) is 0 Å². The van der Waals surface area contributed by atoms with Crippen LogP contribution in [0.2, 0.25) is 0 Å². The van der Waals surface area contributed by atoms with Crippen LogP contribution >= 0.6 is 11.3 Å². The molecule has 2 rings (SSSR count). The molecule has 78 valence electrons. The largest absolute Gasteiger partial charge is 0.464 e. The zero-order valence-corrected chi connectivity index (χ0v) is 9.30. The fraction of sp³-hybridized carbons (Fsp3) is 0.667. The average molecular weight is 213 g/mol. The van der Waals surface area contributed by atoms with Crippen molar-refractivity contribution in [1.29, 1.82) is 0 Å². The lowest BCUT2D eigenvalue weighted by Gasteiger charge is -2.26. The van der Waals surface area contributed by atoms with Gasteiger partial charge in [-0.05, 0) is 14.1 Å². The van der Waals surface area contributed by atoms with E-state index < -0.39 is 0 Å². The quantitative estimate of drug-likeness (QED) is 0.793. The number of thiazole rings is 1. The Morgan fingerprint density at radius 2 is 2.43 bits per heavy atom. The van der Waals surface area contributed by atoms with Gasteiger partial charge in [-0.1, -0.05) is 11.3 Å². The lowest BCUT2D eigenvalue weighted by atomic mass is 10.2. The zero-order chi connectivity index (χ0) is 9.97. The summed E-state index contributed by atoms with van der Waals surface area (Å²) in [5.41, 5.74) is 0. The summed E-state index contributed by atoms with van der Waals surface area (Å²) in [6, 6.07) is 0. The molecule has 0 spiro atoms. The smallest absolute Gasteiger partial charge is 0.273 e. The number of nitrogens with one attached hydrogen (secondary N) is 1. The van der Waals surface area contributed by atoms with Gasteiger partial charge in [0.25, 0.3) is 5.19 Å². The monoisotopic (exact) mass is 213 g/mol. The summed E-state index contributed by atoms with van der Waals surface area (Å²) < 4.78 is 5.64. The normalized spacial score (nSPS) is 17.1. The van der Waals surface area contributed by atoms with Crippen LogP contribution in [-0.4, -0.2) is 43.2 Å². The Morgan fingerprint density at radius 3 is 3.00 bits per heavy atom. The third kappa shape index (κ3) is 2.43. The number of hydrogen-bond acceptors (Lipinski definition) is 5. The van der Waals surface area contributed by atoms with E-state index in [9.17, 15) is 0 Å². The highest BCUT2D eigenvalue weighted by Gasteiger charge is 2.19. The van der Waals surface area contributed by atoms with Crippen LogP contribution in [0.4, 0.5) is 0 Å². The van der Waals surface area contributed by atoms with E-state index in [1.807, 2.05) is 6.20 Å². The molecule has 0 radical (unpaired) electrons. The third-order valence-corrected chi connectivity index (χ3v) is 2.89. The van der Waals surface area contributed by atoms with Gasteiger partial charge in [-0.2, -0.15) is 0 Å². The van der Waals surface area contributed by atoms with Crippen molar-refractivity contribution >= 4 is 11.3 Å². The summed E-state index contributed by atoms with van der Waals surface area (Å²) in [5.74, 6) is 0. The van der Waals surface area contributed by atoms with Crippen molar-refractivity contribution < 1.29 is 4.74 Å². The number of ether oxygens (including phenoxy) is 1. The molecule has 0 aliphatic carbocycles. The summed E-state index contributed by atoms with van der Waals surface area (Å²) in [5, 5.41) is 3.96. The summed E-state index contributed by atoms with van der Waals surface area (Å²) in [7, 11) is 4.10. The van der Waals surface area contributed by atoms with Crippen LogP contribution in [0.1, 0.15) is 4.88 Å². The molecule has 2 heterocycles. The Hall–Kier alpha value is -0.650. The first-order valence-corrected chi connectivity index (χ1v) is 5.52. The molecule has 5 heteroatoms. The van der Waals surface area contributed by atoms with Crippen LogP contribution < -0.4 is 10.1 Å². The van der Waals surface area contributed by atoms with Crippen LogP contribution in [0.15, 0.2) is 6.20 Å². The van der Waals surface area contributed by atoms with Crippen LogP contribution in [-0.2, 0) is 6.54 Å². The zero-order valence-electron chi connectivity index (χ0n) is 8.49. The van der Waals surface area contributed by atoms with E-state index >= 15 is 0 Å². The lowest BCUT2D eigenvalue weighted by Crippen LogP contribution is -2.50. The molecule has 14 heavy (non-hydrogen) atoms. The standard InChI is InChI=1S/C9H15N3OS/c1-12(2)6-8-5-11-9(14-8)13-7-3-10-4-7/h5,7,10H,3-4,6H2,1-2H3. The highest BCUT2D eigenvalue weighted by Crippen LogP contribution is 2.22. The fourth-order valence-electron chi connectivity index (χ4n) is 1.22. The molecule has 1 aromatic rings. The molecule has 0 atom stereocenters. The van der Waals surface area contributed by atoms with Crippen LogP contribution in [0.3, 0.4) is 0 Å². The van der Waals surface area contributed by atoms with Gasteiger partial charge in [0.1, 0.15) is 6.10 Å². The minimum atomic E-state index is 0.327. The van der Waals surface area contributed by atoms with E-state index in [0.29, 0.717) is 6.10 Å². The molecule has 4 nitrogen and oxygen atoms in total. The van der Waals surface area contributed by atoms with E-state index in [2.05, 4.69) is 29.3 Å². The molecule has 0 amide bonds. The second-order valence-corrected chi connectivity index (χ2v) is 4.81. The molecular formula is C9H15N3OS. The van der Waals surface area contributed by atoms with Crippen molar-refractivity contribution in [2.45, 2.75) is 12.6 Å². The Kier molecular flexibility index (Phi) is 3.00. The number of rotatable bonds is 4. The first-order chi connectivity index (χ1) is 6.74. The van der Waals surface area contributed by atoms with Gasteiger partial charge in [-0.25, -0.2) is 4.98 Å². The Bertz CT molecular complexity index is 296. The average Bonchev–Trinajstić information content (AvgIpc) is 2.44. The lowest BCUT2D eigenvalue weighted by molar-refractivity contribution is 0.142. The molecule has 0 bridgehead atoms. The van der Waals surface area contributed by atoms with Crippen LogP contribution in [0.5, 0.6) is 5.19 Å². The van der Waals surface area contributed by atoms with Crippen LogP contribution in [0, 0.1) is 0 Å². The molecule has 1 aromatic heterocycles. The Labute approximate surface area is 87.9 Å². The molecule has 1 aliphatic heterocycles. The first kappa shape index (κ1) is 9.89. The van der Waals surface area contributed by atoms with Crippen molar-refractivity contribution in [1.82, 2.24) is 15.2 Å². The molecule has 1 saturated heterocycles. The van der Waals surface area contributed by atoms with Crippen molar-refractivity contribution in [2.75, 3.05) is 27.2 Å². The second-order valence-electron chi connectivity index (χ2n) is 3.73. The Balaban J connectivity index is 1.88. The van der Waals surface area contributed by atoms with Gasteiger partial charge in [-0.3, -0.25) is 0 Å². The predicted octanol–water partition coefficient (Wildman–Crippen LogP) is 0.555. The predicted molar refractivity (Wildman–Crippen MR) is 56.8 cm³/mol. The van der Waals surface area contributed by atoms with Crippen molar-refractivity contribution in [3.8, 4) is 5.19 Å². The summed E-state index contributed by atoms with van der Waals surface area (Å²) in [6.07, 6.45) is 2.22. The summed E-state index contributed by atoms with van der Waals surface area (Å²) in [6.45, 7) is 2.83. The number of nitrogens with zero attached hydrogens (tertiary/aromatic N) is 2. The molecule has 0 aromatic carbocycles. The van der Waals surface area contributed by atoms with Gasteiger partial charge in [0.05, 0.1) is 0 Å². The summed E-state index contributed by atoms with van der Waals surface area (Å²) in [4.78, 5) is 7.61. The molecule has 0 unspecified atom stereocenters. The molecule has 0 saturated carbocycles. The van der Waals surface area contributed by atoms with E-state index in [0.717, 1.165) is 24.8 Å². The second kappa shape index (κ2) is 4.25. The third-order valence-electron chi connectivity index (χ3n) is 2.02. The number of hydrogen-bond donors (Lipinski definition) is 1. The van der Waals surface area contributed by atoms with E-state index in [4.69, 9.17) is 4.74 Å². The highest BCUT2D eigenvalue weighted by molar-refractivity contribution is 7.13. The molecular weight excluding hydrogens is 198 g/mol. The maximum atomic E-state index is 5.64. The minimum absolute atomic E-state index is 0.327. The van der Waals surface area contributed by atoms with Crippen molar-refractivity contribution in [3.05, 3.63) is 11.1 Å². The van der Waals surface area contributed by atoms with Gasteiger partial charge >= 0.3 is 0 Å². The van der Waals surface area contributed by atoms with Gasteiger partial charge in [0, 0.05) is 30.7 Å². The SMILES string of the molecule is CN(C)Cc1cnc(OC2CNC2)s1. The molecule has 1 aliphatic rings. The van der Waals surface area contributed by atoms with E-state index in [1.165, 1.54) is 4.88 Å². The summed E-state index contributed by atoms with van der Waals surface area (Å²) >= 11 is 1.64. The van der Waals surface area contributed by atoms with Gasteiger partial charge < -0.3 is 15.0 Å². The van der Waals surface area contributed by atoms with Gasteiger partial charge in [0.15, 0.2) is 0 Å². The number of aromatic nitrogens is 1. The maximum absolute atomic E-state index is 5.64. The molecule has 1 N–H and O–H groups in total. The highest BCUT2D eigenvalue weighted by atomic mass is 32.1. The van der Waals surface area contributed by atoms with Crippen molar-refractivity contribution in [3.63, 3.8) is 0 Å². The topological polar surface area (TPSA) is 37.4 Å². The van der Waals surface area contributed by atoms with Crippen LogP contribution in [0.25, 0.3) is 0 Å². The minimum Gasteiger partial charge on any atom is -0.464 e. The Morgan fingerprint density at radius 1 is 1.64 bits per heavy atom. The molecule has 1 fully saturated rings. The van der Waals surface area contributed by atoms with Gasteiger partial charge in [0.2, 0.25) is 0 Å². The van der Waals surface area contributed by atoms with Crippen molar-refractivity contribution in [2.24, 2.45) is 0 Å². The maximum Gasteiger partial charge on any atom is 0.273 e. The van der Waals surface area contributed by atoms with E-state index in [1.54, 1.807) is 11.3 Å².